The lowest BCUT2D eigenvalue weighted by Gasteiger charge is -2.13. The van der Waals surface area contributed by atoms with Gasteiger partial charge in [0, 0.05) is 17.4 Å². The van der Waals surface area contributed by atoms with Crippen molar-refractivity contribution in [3.05, 3.63) is 24.3 Å². The van der Waals surface area contributed by atoms with Crippen LogP contribution in [0.3, 0.4) is 0 Å². The first-order chi connectivity index (χ1) is 8.28. The van der Waals surface area contributed by atoms with Gasteiger partial charge in [0.2, 0.25) is 5.91 Å². The molecule has 1 aliphatic rings. The predicted octanol–water partition coefficient (Wildman–Crippen LogP) is 2.91. The van der Waals surface area contributed by atoms with Crippen molar-refractivity contribution >= 4 is 29.9 Å². The van der Waals surface area contributed by atoms with Crippen LogP contribution in [0.15, 0.2) is 24.3 Å². The Bertz CT molecular complexity index is 372. The lowest BCUT2D eigenvalue weighted by molar-refractivity contribution is -0.113. The van der Waals surface area contributed by atoms with Gasteiger partial charge < -0.3 is 10.6 Å². The minimum absolute atomic E-state index is 0.0789. The van der Waals surface area contributed by atoms with Crippen molar-refractivity contribution in [1.29, 1.82) is 0 Å². The molecule has 1 fully saturated rings. The summed E-state index contributed by atoms with van der Waals surface area (Å²) in [5, 5.41) is 6.28. The third kappa shape index (κ3) is 3.66. The average molecular weight is 250 g/mol. The third-order valence-corrected chi connectivity index (χ3v) is 3.33. The van der Waals surface area contributed by atoms with Crippen molar-refractivity contribution in [3.8, 4) is 0 Å². The van der Waals surface area contributed by atoms with E-state index in [9.17, 15) is 4.79 Å². The molecule has 0 heterocycles. The van der Waals surface area contributed by atoms with Gasteiger partial charge in [-0.1, -0.05) is 12.8 Å². The summed E-state index contributed by atoms with van der Waals surface area (Å²) >= 11 is 3.92. The van der Waals surface area contributed by atoms with E-state index in [1.807, 2.05) is 24.3 Å². The molecule has 0 radical (unpaired) electrons. The summed E-state index contributed by atoms with van der Waals surface area (Å²) in [5.74, 6) is 0.132. The maximum absolute atomic E-state index is 11.1. The molecular weight excluding hydrogens is 232 g/mol. The highest BCUT2D eigenvalue weighted by molar-refractivity contribution is 7.81. The Morgan fingerprint density at radius 1 is 1.18 bits per heavy atom. The number of carbonyl (C=O) groups excluding carboxylic acids is 1. The molecule has 0 spiro atoms. The average Bonchev–Trinajstić information content (AvgIpc) is 2.84. The Labute approximate surface area is 107 Å². The van der Waals surface area contributed by atoms with Gasteiger partial charge in [-0.25, -0.2) is 0 Å². The number of rotatable bonds is 4. The molecule has 17 heavy (non-hydrogen) atoms. The molecule has 0 unspecified atom stereocenters. The zero-order valence-corrected chi connectivity index (χ0v) is 10.7. The molecule has 0 atom stereocenters. The maximum Gasteiger partial charge on any atom is 0.234 e. The van der Waals surface area contributed by atoms with Gasteiger partial charge in [-0.3, -0.25) is 4.79 Å². The zero-order chi connectivity index (χ0) is 12.1. The number of nitrogens with one attached hydrogen (secondary N) is 2. The summed E-state index contributed by atoms with van der Waals surface area (Å²) in [6, 6.07) is 8.46. The molecule has 1 saturated carbocycles. The van der Waals surface area contributed by atoms with Crippen molar-refractivity contribution in [2.75, 3.05) is 16.4 Å². The van der Waals surface area contributed by atoms with Crippen molar-refractivity contribution < 1.29 is 4.79 Å². The topological polar surface area (TPSA) is 41.1 Å². The van der Waals surface area contributed by atoms with Gasteiger partial charge in [0.25, 0.3) is 0 Å². The molecule has 1 amide bonds. The van der Waals surface area contributed by atoms with Crippen LogP contribution in [-0.2, 0) is 4.79 Å². The van der Waals surface area contributed by atoms with E-state index in [4.69, 9.17) is 0 Å². The van der Waals surface area contributed by atoms with Crippen LogP contribution >= 0.6 is 12.6 Å². The smallest absolute Gasteiger partial charge is 0.234 e. The quantitative estimate of drug-likeness (QED) is 0.719. The van der Waals surface area contributed by atoms with Crippen LogP contribution in [0.25, 0.3) is 0 Å². The van der Waals surface area contributed by atoms with E-state index >= 15 is 0 Å². The van der Waals surface area contributed by atoms with E-state index in [-0.39, 0.29) is 11.7 Å². The van der Waals surface area contributed by atoms with E-state index in [2.05, 4.69) is 23.3 Å². The van der Waals surface area contributed by atoms with E-state index in [1.54, 1.807) is 0 Å². The molecule has 2 N–H and O–H groups in total. The molecule has 0 saturated heterocycles. The molecule has 0 aromatic heterocycles. The van der Waals surface area contributed by atoms with Gasteiger partial charge in [-0.05, 0) is 37.1 Å². The van der Waals surface area contributed by atoms with Crippen LogP contribution in [0.2, 0.25) is 0 Å². The van der Waals surface area contributed by atoms with E-state index in [0.29, 0.717) is 6.04 Å². The monoisotopic (exact) mass is 250 g/mol. The molecule has 0 aliphatic heterocycles. The highest BCUT2D eigenvalue weighted by Gasteiger charge is 2.14. The van der Waals surface area contributed by atoms with E-state index in [0.717, 1.165) is 11.4 Å². The lowest BCUT2D eigenvalue weighted by Crippen LogP contribution is -2.15. The fourth-order valence-electron chi connectivity index (χ4n) is 2.16. The second kappa shape index (κ2) is 5.96. The van der Waals surface area contributed by atoms with E-state index in [1.165, 1.54) is 25.7 Å². The van der Waals surface area contributed by atoms with Gasteiger partial charge in [-0.15, -0.1) is 0 Å². The Kier molecular flexibility index (Phi) is 4.31. The van der Waals surface area contributed by atoms with Crippen LogP contribution in [0.1, 0.15) is 25.7 Å². The SMILES string of the molecule is O=C(CS)Nc1ccc(NC2CCCC2)cc1. The zero-order valence-electron chi connectivity index (χ0n) is 9.78. The number of hydrogen-bond acceptors (Lipinski definition) is 3. The molecule has 1 aromatic carbocycles. The Balaban J connectivity index is 1.90. The predicted molar refractivity (Wildman–Crippen MR) is 74.8 cm³/mol. The first-order valence-electron chi connectivity index (χ1n) is 6.05. The number of amides is 1. The summed E-state index contributed by atoms with van der Waals surface area (Å²) in [7, 11) is 0. The summed E-state index contributed by atoms with van der Waals surface area (Å²) in [6.07, 6.45) is 5.18. The van der Waals surface area contributed by atoms with Crippen molar-refractivity contribution in [3.63, 3.8) is 0 Å². The lowest BCUT2D eigenvalue weighted by atomic mass is 10.2. The van der Waals surface area contributed by atoms with Gasteiger partial charge in [0.1, 0.15) is 0 Å². The summed E-state index contributed by atoms with van der Waals surface area (Å²) in [6.45, 7) is 0. The minimum Gasteiger partial charge on any atom is -0.382 e. The highest BCUT2D eigenvalue weighted by atomic mass is 32.1. The number of hydrogen-bond donors (Lipinski definition) is 3. The standard InChI is InChI=1S/C13H18N2OS/c16-13(9-17)15-12-7-5-11(6-8-12)14-10-3-1-2-4-10/h5-8,10,14,17H,1-4,9H2,(H,15,16). The Hall–Kier alpha value is -1.16. The number of benzene rings is 1. The highest BCUT2D eigenvalue weighted by Crippen LogP contribution is 2.23. The molecule has 92 valence electrons. The summed E-state index contributed by atoms with van der Waals surface area (Å²) in [5.41, 5.74) is 1.95. The Morgan fingerprint density at radius 2 is 1.76 bits per heavy atom. The van der Waals surface area contributed by atoms with Gasteiger partial charge in [0.15, 0.2) is 0 Å². The normalized spacial score (nSPS) is 15.8. The molecular formula is C13H18N2OS. The van der Waals surface area contributed by atoms with Crippen LogP contribution in [-0.4, -0.2) is 17.7 Å². The van der Waals surface area contributed by atoms with Crippen molar-refractivity contribution in [2.24, 2.45) is 0 Å². The minimum atomic E-state index is -0.0789. The van der Waals surface area contributed by atoms with Crippen molar-refractivity contribution in [2.45, 2.75) is 31.7 Å². The molecule has 4 heteroatoms. The molecule has 3 nitrogen and oxygen atoms in total. The third-order valence-electron chi connectivity index (χ3n) is 3.04. The van der Waals surface area contributed by atoms with Gasteiger partial charge in [0.05, 0.1) is 5.75 Å². The van der Waals surface area contributed by atoms with Crippen LogP contribution in [0.5, 0.6) is 0 Å². The van der Waals surface area contributed by atoms with Crippen LogP contribution < -0.4 is 10.6 Å². The number of carbonyl (C=O) groups is 1. The second-order valence-corrected chi connectivity index (χ2v) is 4.73. The van der Waals surface area contributed by atoms with Gasteiger partial charge >= 0.3 is 0 Å². The van der Waals surface area contributed by atoms with Crippen molar-refractivity contribution in [1.82, 2.24) is 0 Å². The first kappa shape index (κ1) is 12.3. The number of thiol groups is 1. The van der Waals surface area contributed by atoms with Crippen LogP contribution in [0, 0.1) is 0 Å². The van der Waals surface area contributed by atoms with Crippen LogP contribution in [0.4, 0.5) is 11.4 Å². The Morgan fingerprint density at radius 3 is 2.35 bits per heavy atom. The summed E-state index contributed by atoms with van der Waals surface area (Å²) < 4.78 is 0. The molecule has 1 aromatic rings. The fourth-order valence-corrected chi connectivity index (χ4v) is 2.24. The molecule has 0 bridgehead atoms. The molecule has 1 aliphatic carbocycles. The fraction of sp³-hybridized carbons (Fsp3) is 0.462. The van der Waals surface area contributed by atoms with E-state index < -0.39 is 0 Å². The largest absolute Gasteiger partial charge is 0.382 e. The van der Waals surface area contributed by atoms with Gasteiger partial charge in [-0.2, -0.15) is 12.6 Å². The molecule has 2 rings (SSSR count). The summed E-state index contributed by atoms with van der Waals surface area (Å²) in [4.78, 5) is 11.1. The second-order valence-electron chi connectivity index (χ2n) is 4.41. The number of anilines is 2. The first-order valence-corrected chi connectivity index (χ1v) is 6.68. The maximum atomic E-state index is 11.1.